The molecule has 2 heterocycles. The van der Waals surface area contributed by atoms with E-state index in [4.69, 9.17) is 0 Å². The number of pyridine rings is 2. The zero-order chi connectivity index (χ0) is 16.5. The molecule has 0 fully saturated rings. The number of nitrogens with zero attached hydrogens (tertiary/aromatic N) is 2. The summed E-state index contributed by atoms with van der Waals surface area (Å²) in [5, 5.41) is 2.40. The lowest BCUT2D eigenvalue weighted by atomic mass is 9.82. The first-order valence-corrected chi connectivity index (χ1v) is 8.43. The molecule has 2 heteroatoms. The Labute approximate surface area is 142 Å². The average molecular weight is 312 g/mol. The van der Waals surface area contributed by atoms with Crippen LogP contribution in [0.25, 0.3) is 21.8 Å². The molecule has 2 aromatic heterocycles. The van der Waals surface area contributed by atoms with Gasteiger partial charge in [-0.1, -0.05) is 62.4 Å². The molecule has 118 valence electrons. The van der Waals surface area contributed by atoms with Crippen LogP contribution in [0.15, 0.2) is 73.1 Å². The molecule has 4 aromatic rings. The van der Waals surface area contributed by atoms with Crippen molar-refractivity contribution in [2.45, 2.75) is 25.7 Å². The van der Waals surface area contributed by atoms with E-state index in [2.05, 4.69) is 72.3 Å². The van der Waals surface area contributed by atoms with Crippen LogP contribution in [0.1, 0.15) is 36.8 Å². The van der Waals surface area contributed by atoms with Crippen molar-refractivity contribution < 1.29 is 0 Å². The minimum Gasteiger partial charge on any atom is -0.256 e. The fraction of sp³-hybridized carbons (Fsp3) is 0.182. The van der Waals surface area contributed by atoms with Gasteiger partial charge in [0.2, 0.25) is 0 Å². The van der Waals surface area contributed by atoms with Gasteiger partial charge in [-0.05, 0) is 35.1 Å². The summed E-state index contributed by atoms with van der Waals surface area (Å²) in [6.07, 6.45) is 3.76. The normalized spacial score (nSPS) is 13.9. The van der Waals surface area contributed by atoms with Gasteiger partial charge >= 0.3 is 0 Å². The van der Waals surface area contributed by atoms with Crippen LogP contribution in [0, 0.1) is 0 Å². The van der Waals surface area contributed by atoms with Crippen LogP contribution in [-0.2, 0) is 0 Å². The van der Waals surface area contributed by atoms with Crippen LogP contribution in [0.3, 0.4) is 0 Å². The van der Waals surface area contributed by atoms with E-state index >= 15 is 0 Å². The molecule has 2 unspecified atom stereocenters. The van der Waals surface area contributed by atoms with Crippen molar-refractivity contribution in [3.63, 3.8) is 0 Å². The minimum atomic E-state index is 0.358. The first-order valence-electron chi connectivity index (χ1n) is 8.43. The summed E-state index contributed by atoms with van der Waals surface area (Å²) in [7, 11) is 0. The van der Waals surface area contributed by atoms with E-state index in [1.165, 1.54) is 21.9 Å². The second-order valence-electron chi connectivity index (χ2n) is 6.42. The summed E-state index contributed by atoms with van der Waals surface area (Å²) in [6.45, 7) is 4.58. The van der Waals surface area contributed by atoms with Gasteiger partial charge in [-0.3, -0.25) is 9.97 Å². The lowest BCUT2D eigenvalue weighted by Crippen LogP contribution is -2.07. The van der Waals surface area contributed by atoms with Crippen molar-refractivity contribution in [3.05, 3.63) is 84.2 Å². The summed E-state index contributed by atoms with van der Waals surface area (Å²) < 4.78 is 0. The summed E-state index contributed by atoms with van der Waals surface area (Å²) >= 11 is 0. The molecule has 0 aliphatic carbocycles. The lowest BCUT2D eigenvalue weighted by Gasteiger charge is -2.23. The molecule has 0 N–H and O–H groups in total. The topological polar surface area (TPSA) is 25.8 Å². The number of benzene rings is 2. The first kappa shape index (κ1) is 14.8. The fourth-order valence-corrected chi connectivity index (χ4v) is 3.53. The molecule has 0 saturated carbocycles. The molecule has 4 rings (SSSR count). The molecule has 0 aliphatic rings. The third kappa shape index (κ3) is 2.44. The van der Waals surface area contributed by atoms with Crippen molar-refractivity contribution in [1.82, 2.24) is 9.97 Å². The highest BCUT2D eigenvalue weighted by molar-refractivity contribution is 5.84. The third-order valence-corrected chi connectivity index (χ3v) is 5.06. The number of fused-ring (bicyclic) bond motifs is 2. The number of hydrogen-bond acceptors (Lipinski definition) is 2. The Bertz CT molecular complexity index is 913. The highest BCUT2D eigenvalue weighted by Gasteiger charge is 2.20. The van der Waals surface area contributed by atoms with E-state index in [0.717, 1.165) is 11.0 Å². The molecule has 0 spiro atoms. The van der Waals surface area contributed by atoms with Gasteiger partial charge in [0.05, 0.1) is 11.0 Å². The van der Waals surface area contributed by atoms with Crippen molar-refractivity contribution >= 4 is 21.8 Å². The molecule has 0 radical (unpaired) electrons. The molecule has 2 aromatic carbocycles. The van der Waals surface area contributed by atoms with Crippen LogP contribution < -0.4 is 0 Å². The maximum absolute atomic E-state index is 4.63. The van der Waals surface area contributed by atoms with E-state index < -0.39 is 0 Å². The van der Waals surface area contributed by atoms with Crippen molar-refractivity contribution in [2.24, 2.45) is 0 Å². The Morgan fingerprint density at radius 2 is 1.00 bits per heavy atom. The van der Waals surface area contributed by atoms with E-state index in [1.54, 1.807) is 0 Å². The molecule has 24 heavy (non-hydrogen) atoms. The van der Waals surface area contributed by atoms with Crippen LogP contribution in [0.2, 0.25) is 0 Å². The lowest BCUT2D eigenvalue weighted by molar-refractivity contribution is 0.630. The first-order chi connectivity index (χ1) is 11.8. The molecular formula is C22H20N2. The van der Waals surface area contributed by atoms with Gasteiger partial charge in [0.25, 0.3) is 0 Å². The van der Waals surface area contributed by atoms with E-state index in [-0.39, 0.29) is 0 Å². The second-order valence-corrected chi connectivity index (χ2v) is 6.42. The highest BCUT2D eigenvalue weighted by atomic mass is 14.7. The van der Waals surface area contributed by atoms with Crippen LogP contribution >= 0.6 is 0 Å². The Balaban J connectivity index is 1.82. The summed E-state index contributed by atoms with van der Waals surface area (Å²) in [4.78, 5) is 9.25. The maximum atomic E-state index is 4.63. The largest absolute Gasteiger partial charge is 0.256 e. The zero-order valence-electron chi connectivity index (χ0n) is 14.0. The highest BCUT2D eigenvalue weighted by Crippen LogP contribution is 2.37. The standard InChI is InChI=1S/C22H20N2/c1-15(19-11-3-7-17-9-5-13-23-21(17)19)16(2)20-12-4-8-18-10-6-14-24-22(18)20/h3-16H,1-2H3. The Morgan fingerprint density at radius 3 is 1.46 bits per heavy atom. The van der Waals surface area contributed by atoms with E-state index in [1.807, 2.05) is 24.5 Å². The number of aromatic nitrogens is 2. The quantitative estimate of drug-likeness (QED) is 0.485. The molecule has 2 atom stereocenters. The molecule has 0 aliphatic heterocycles. The zero-order valence-corrected chi connectivity index (χ0v) is 14.0. The number of rotatable bonds is 3. The number of para-hydroxylation sites is 2. The van der Waals surface area contributed by atoms with Crippen LogP contribution in [0.5, 0.6) is 0 Å². The molecule has 2 nitrogen and oxygen atoms in total. The molecule has 0 amide bonds. The average Bonchev–Trinajstić information content (AvgIpc) is 2.66. The van der Waals surface area contributed by atoms with Gasteiger partial charge in [0, 0.05) is 23.2 Å². The SMILES string of the molecule is CC(c1cccc2cccnc12)C(C)c1cccc2cccnc12. The van der Waals surface area contributed by atoms with Crippen LogP contribution in [0.4, 0.5) is 0 Å². The van der Waals surface area contributed by atoms with Crippen molar-refractivity contribution in [2.75, 3.05) is 0 Å². The van der Waals surface area contributed by atoms with Gasteiger partial charge in [0.15, 0.2) is 0 Å². The predicted octanol–water partition coefficient (Wildman–Crippen LogP) is 5.69. The predicted molar refractivity (Wildman–Crippen MR) is 100 cm³/mol. The van der Waals surface area contributed by atoms with Gasteiger partial charge in [-0.2, -0.15) is 0 Å². The third-order valence-electron chi connectivity index (χ3n) is 5.06. The Kier molecular flexibility index (Phi) is 3.73. The Hall–Kier alpha value is -2.74. The van der Waals surface area contributed by atoms with E-state index in [0.29, 0.717) is 11.8 Å². The fourth-order valence-electron chi connectivity index (χ4n) is 3.53. The second kappa shape index (κ2) is 6.04. The molecular weight excluding hydrogens is 292 g/mol. The van der Waals surface area contributed by atoms with Crippen molar-refractivity contribution in [1.29, 1.82) is 0 Å². The van der Waals surface area contributed by atoms with Crippen molar-refractivity contribution in [3.8, 4) is 0 Å². The summed E-state index contributed by atoms with van der Waals surface area (Å²) in [6, 6.07) is 21.2. The Morgan fingerprint density at radius 1 is 0.583 bits per heavy atom. The van der Waals surface area contributed by atoms with Gasteiger partial charge in [0.1, 0.15) is 0 Å². The van der Waals surface area contributed by atoms with Gasteiger partial charge in [-0.15, -0.1) is 0 Å². The summed E-state index contributed by atoms with van der Waals surface area (Å²) in [5.74, 6) is 0.715. The van der Waals surface area contributed by atoms with Gasteiger partial charge < -0.3 is 0 Å². The van der Waals surface area contributed by atoms with Crippen LogP contribution in [-0.4, -0.2) is 9.97 Å². The molecule has 0 bridgehead atoms. The summed E-state index contributed by atoms with van der Waals surface area (Å²) in [5.41, 5.74) is 4.81. The van der Waals surface area contributed by atoms with Gasteiger partial charge in [-0.25, -0.2) is 0 Å². The number of hydrogen-bond donors (Lipinski definition) is 0. The monoisotopic (exact) mass is 312 g/mol. The van der Waals surface area contributed by atoms with E-state index in [9.17, 15) is 0 Å². The maximum Gasteiger partial charge on any atom is 0.0736 e. The molecule has 0 saturated heterocycles. The minimum absolute atomic E-state index is 0.358. The smallest absolute Gasteiger partial charge is 0.0736 e.